The van der Waals surface area contributed by atoms with Crippen LogP contribution in [0.1, 0.15) is 26.5 Å². The van der Waals surface area contributed by atoms with Crippen LogP contribution in [0.15, 0.2) is 84.9 Å². The van der Waals surface area contributed by atoms with Crippen LogP contribution in [0.2, 0.25) is 5.02 Å². The third-order valence-electron chi connectivity index (χ3n) is 5.90. The van der Waals surface area contributed by atoms with Crippen molar-refractivity contribution < 1.29 is 9.53 Å². The first-order valence-corrected chi connectivity index (χ1v) is 11.9. The van der Waals surface area contributed by atoms with E-state index in [4.69, 9.17) is 16.3 Å². The lowest BCUT2D eigenvalue weighted by Crippen LogP contribution is -2.05. The molecule has 5 rings (SSSR count). The van der Waals surface area contributed by atoms with Crippen molar-refractivity contribution in [3.8, 4) is 16.2 Å². The maximum Gasteiger partial charge on any atom is 0.205 e. The van der Waals surface area contributed by atoms with E-state index in [0.29, 0.717) is 11.6 Å². The number of fused-ring (bicyclic) bond motifs is 1. The Kier molecular flexibility index (Phi) is 5.79. The average Bonchev–Trinajstić information content (AvgIpc) is 3.44. The van der Waals surface area contributed by atoms with Gasteiger partial charge in [0.15, 0.2) is 0 Å². The van der Waals surface area contributed by atoms with Crippen LogP contribution in [-0.4, -0.2) is 17.5 Å². The second-order valence-electron chi connectivity index (χ2n) is 7.92. The second kappa shape index (κ2) is 8.89. The molecular formula is C28H22ClNO2S. The Bertz CT molecular complexity index is 1450. The molecule has 0 saturated carbocycles. The van der Waals surface area contributed by atoms with Gasteiger partial charge >= 0.3 is 0 Å². The zero-order valence-electron chi connectivity index (χ0n) is 18.3. The Balaban J connectivity index is 1.61. The number of thiophene rings is 1. The molecule has 164 valence electrons. The Labute approximate surface area is 201 Å². The average molecular weight is 472 g/mol. The van der Waals surface area contributed by atoms with Crippen LogP contribution in [0.4, 0.5) is 0 Å². The molecule has 0 radical (unpaired) electrons. The fraction of sp³-hybridized carbons (Fsp3) is 0.107. The van der Waals surface area contributed by atoms with Crippen molar-refractivity contribution in [2.45, 2.75) is 13.5 Å². The number of carbonyl (C=O) groups is 1. The number of nitrogens with zero attached hydrogens (tertiary/aromatic N) is 1. The first kappa shape index (κ1) is 21.5. The van der Waals surface area contributed by atoms with Crippen molar-refractivity contribution in [2.24, 2.45) is 0 Å². The van der Waals surface area contributed by atoms with Crippen molar-refractivity contribution in [1.29, 1.82) is 0 Å². The van der Waals surface area contributed by atoms with Gasteiger partial charge in [-0.05, 0) is 60.5 Å². The number of methoxy groups -OCH3 is 1. The van der Waals surface area contributed by atoms with Gasteiger partial charge in [0, 0.05) is 33.0 Å². The van der Waals surface area contributed by atoms with Gasteiger partial charge in [-0.15, -0.1) is 11.3 Å². The van der Waals surface area contributed by atoms with Gasteiger partial charge in [0.2, 0.25) is 5.78 Å². The summed E-state index contributed by atoms with van der Waals surface area (Å²) >= 11 is 7.60. The second-order valence-corrected chi connectivity index (χ2v) is 9.44. The van der Waals surface area contributed by atoms with Crippen LogP contribution in [0.3, 0.4) is 0 Å². The van der Waals surface area contributed by atoms with Crippen molar-refractivity contribution in [1.82, 2.24) is 4.57 Å². The predicted molar refractivity (Wildman–Crippen MR) is 137 cm³/mol. The number of ketones is 1. The Morgan fingerprint density at radius 1 is 0.970 bits per heavy atom. The smallest absolute Gasteiger partial charge is 0.205 e. The topological polar surface area (TPSA) is 31.2 Å². The SMILES string of the molecule is COc1ccc2c(c1)c(C(=O)c1ccc(-c3ccccc3)s1)c(C)n2Cc1ccc(Cl)cc1. The van der Waals surface area contributed by atoms with Crippen molar-refractivity contribution in [3.63, 3.8) is 0 Å². The summed E-state index contributed by atoms with van der Waals surface area (Å²) in [6, 6.07) is 27.8. The van der Waals surface area contributed by atoms with Gasteiger partial charge in [-0.3, -0.25) is 4.79 Å². The molecule has 3 nitrogen and oxygen atoms in total. The number of hydrogen-bond donors (Lipinski definition) is 0. The molecule has 0 bridgehead atoms. The Morgan fingerprint density at radius 3 is 2.45 bits per heavy atom. The minimum atomic E-state index is 0.0350. The first-order valence-electron chi connectivity index (χ1n) is 10.7. The molecule has 33 heavy (non-hydrogen) atoms. The van der Waals surface area contributed by atoms with Crippen LogP contribution in [-0.2, 0) is 6.54 Å². The molecular weight excluding hydrogens is 450 g/mol. The summed E-state index contributed by atoms with van der Waals surface area (Å²) in [6.45, 7) is 2.67. The lowest BCUT2D eigenvalue weighted by atomic mass is 10.1. The van der Waals surface area contributed by atoms with E-state index < -0.39 is 0 Å². The summed E-state index contributed by atoms with van der Waals surface area (Å²) in [5.74, 6) is 0.768. The third kappa shape index (κ3) is 4.08. The molecule has 0 amide bonds. The van der Waals surface area contributed by atoms with Crippen LogP contribution >= 0.6 is 22.9 Å². The van der Waals surface area contributed by atoms with Gasteiger partial charge in [0.25, 0.3) is 0 Å². The highest BCUT2D eigenvalue weighted by Crippen LogP contribution is 2.35. The molecule has 2 aromatic heterocycles. The van der Waals surface area contributed by atoms with E-state index in [9.17, 15) is 4.79 Å². The van der Waals surface area contributed by atoms with E-state index in [1.165, 1.54) is 11.3 Å². The summed E-state index contributed by atoms with van der Waals surface area (Å²) in [7, 11) is 1.64. The Morgan fingerprint density at radius 2 is 1.73 bits per heavy atom. The maximum absolute atomic E-state index is 13.8. The van der Waals surface area contributed by atoms with Crippen LogP contribution in [0, 0.1) is 6.92 Å². The standard InChI is InChI=1S/C28H22ClNO2S/c1-18-27(28(31)26-15-14-25(33-26)20-6-4-3-5-7-20)23-16-22(32-2)12-13-24(23)30(18)17-19-8-10-21(29)11-9-19/h3-16H,17H2,1-2H3. The summed E-state index contributed by atoms with van der Waals surface area (Å²) in [6.07, 6.45) is 0. The van der Waals surface area contributed by atoms with E-state index in [2.05, 4.69) is 16.7 Å². The molecule has 0 aliphatic heterocycles. The lowest BCUT2D eigenvalue weighted by Gasteiger charge is -2.09. The molecule has 0 saturated heterocycles. The van der Waals surface area contributed by atoms with Gasteiger partial charge in [0.05, 0.1) is 17.6 Å². The molecule has 0 aliphatic carbocycles. The van der Waals surface area contributed by atoms with Crippen molar-refractivity contribution in [2.75, 3.05) is 7.11 Å². The molecule has 2 heterocycles. The summed E-state index contributed by atoms with van der Waals surface area (Å²) in [5, 5.41) is 1.61. The number of hydrogen-bond acceptors (Lipinski definition) is 3. The fourth-order valence-electron chi connectivity index (χ4n) is 4.19. The number of halogens is 1. The highest BCUT2D eigenvalue weighted by Gasteiger charge is 2.23. The predicted octanol–water partition coefficient (Wildman–Crippen LogP) is 7.62. The van der Waals surface area contributed by atoms with E-state index in [1.807, 2.05) is 79.7 Å². The van der Waals surface area contributed by atoms with Crippen LogP contribution < -0.4 is 4.74 Å². The third-order valence-corrected chi connectivity index (χ3v) is 7.28. The normalized spacial score (nSPS) is 11.1. The number of benzene rings is 3. The number of rotatable bonds is 6. The highest BCUT2D eigenvalue weighted by molar-refractivity contribution is 7.17. The maximum atomic E-state index is 13.8. The van der Waals surface area contributed by atoms with Crippen LogP contribution in [0.5, 0.6) is 5.75 Å². The summed E-state index contributed by atoms with van der Waals surface area (Å²) in [4.78, 5) is 15.6. The zero-order chi connectivity index (χ0) is 22.9. The molecule has 0 unspecified atom stereocenters. The van der Waals surface area contributed by atoms with Gasteiger partial charge in [-0.1, -0.05) is 54.1 Å². The number of ether oxygens (including phenoxy) is 1. The summed E-state index contributed by atoms with van der Waals surface area (Å²) in [5.41, 5.74) is 4.90. The minimum absolute atomic E-state index is 0.0350. The summed E-state index contributed by atoms with van der Waals surface area (Å²) < 4.78 is 7.66. The molecule has 0 fully saturated rings. The van der Waals surface area contributed by atoms with E-state index in [0.717, 1.165) is 48.8 Å². The van der Waals surface area contributed by atoms with Crippen LogP contribution in [0.25, 0.3) is 21.3 Å². The highest BCUT2D eigenvalue weighted by atomic mass is 35.5. The van der Waals surface area contributed by atoms with E-state index >= 15 is 0 Å². The molecule has 0 aliphatic rings. The molecule has 3 aromatic carbocycles. The van der Waals surface area contributed by atoms with Gasteiger partial charge in [-0.2, -0.15) is 0 Å². The number of carbonyl (C=O) groups excluding carboxylic acids is 1. The van der Waals surface area contributed by atoms with E-state index in [-0.39, 0.29) is 5.78 Å². The Hall–Kier alpha value is -3.34. The van der Waals surface area contributed by atoms with Gasteiger partial charge in [-0.25, -0.2) is 0 Å². The fourth-order valence-corrected chi connectivity index (χ4v) is 5.28. The van der Waals surface area contributed by atoms with Crippen molar-refractivity contribution >= 4 is 39.6 Å². The molecule has 0 spiro atoms. The minimum Gasteiger partial charge on any atom is -0.497 e. The molecule has 5 heteroatoms. The van der Waals surface area contributed by atoms with Gasteiger partial charge < -0.3 is 9.30 Å². The zero-order valence-corrected chi connectivity index (χ0v) is 19.9. The number of aromatic nitrogens is 1. The lowest BCUT2D eigenvalue weighted by molar-refractivity contribution is 0.104. The molecule has 5 aromatic rings. The van der Waals surface area contributed by atoms with Crippen molar-refractivity contribution in [3.05, 3.63) is 112 Å². The molecule has 0 N–H and O–H groups in total. The monoisotopic (exact) mass is 471 g/mol. The first-order chi connectivity index (χ1) is 16.0. The van der Waals surface area contributed by atoms with Gasteiger partial charge in [0.1, 0.15) is 5.75 Å². The van der Waals surface area contributed by atoms with E-state index in [1.54, 1.807) is 7.11 Å². The largest absolute Gasteiger partial charge is 0.497 e. The molecule has 0 atom stereocenters. The quantitative estimate of drug-likeness (QED) is 0.238.